The van der Waals surface area contributed by atoms with Gasteiger partial charge in [-0.1, -0.05) is 0 Å². The van der Waals surface area contributed by atoms with Crippen molar-refractivity contribution in [3.63, 3.8) is 0 Å². The Morgan fingerprint density at radius 2 is 1.81 bits per heavy atom. The van der Waals surface area contributed by atoms with E-state index in [0.717, 1.165) is 0 Å². The Balaban J connectivity index is 2.08. The summed E-state index contributed by atoms with van der Waals surface area (Å²) in [7, 11) is -2.90. The Kier molecular flexibility index (Phi) is 4.78. The zero-order valence-corrected chi connectivity index (χ0v) is 12.9. The van der Waals surface area contributed by atoms with Crippen LogP contribution in [0.4, 0.5) is 11.9 Å². The Bertz CT molecular complexity index is 578. The van der Waals surface area contributed by atoms with Crippen LogP contribution >= 0.6 is 0 Å². The van der Waals surface area contributed by atoms with Crippen molar-refractivity contribution in [2.24, 2.45) is 5.84 Å². The van der Waals surface area contributed by atoms with Gasteiger partial charge in [-0.25, -0.2) is 14.3 Å². The molecular formula is C11H20N6O3S. The van der Waals surface area contributed by atoms with Gasteiger partial charge in [0.2, 0.25) is 11.9 Å². The second-order valence-corrected chi connectivity index (χ2v) is 7.45. The normalized spacial score (nSPS) is 18.5. The van der Waals surface area contributed by atoms with Crippen LogP contribution in [-0.4, -0.2) is 47.0 Å². The molecule has 1 saturated heterocycles. The predicted octanol–water partition coefficient (Wildman–Crippen LogP) is -0.0665. The van der Waals surface area contributed by atoms with Gasteiger partial charge < -0.3 is 10.1 Å². The van der Waals surface area contributed by atoms with E-state index in [0.29, 0.717) is 18.8 Å². The highest BCUT2D eigenvalue weighted by atomic mass is 32.2. The van der Waals surface area contributed by atoms with Gasteiger partial charge in [-0.15, -0.1) is 0 Å². The van der Waals surface area contributed by atoms with Gasteiger partial charge in [-0.2, -0.15) is 15.0 Å². The third-order valence-electron chi connectivity index (χ3n) is 2.97. The second-order valence-electron chi connectivity index (χ2n) is 5.15. The summed E-state index contributed by atoms with van der Waals surface area (Å²) in [6.07, 6.45) is 0.977. The molecule has 0 atom stereocenters. The van der Waals surface area contributed by atoms with Crippen molar-refractivity contribution in [1.82, 2.24) is 15.0 Å². The molecular weight excluding hydrogens is 296 g/mol. The summed E-state index contributed by atoms with van der Waals surface area (Å²) in [5, 5.41) is 3.10. The zero-order chi connectivity index (χ0) is 15.5. The predicted molar refractivity (Wildman–Crippen MR) is 78.7 cm³/mol. The van der Waals surface area contributed by atoms with Gasteiger partial charge in [0.1, 0.15) is 9.84 Å². The highest BCUT2D eigenvalue weighted by Crippen LogP contribution is 2.18. The number of hydrogen-bond donors (Lipinski definition) is 3. The van der Waals surface area contributed by atoms with Gasteiger partial charge in [-0.3, -0.25) is 5.43 Å². The average Bonchev–Trinajstić information content (AvgIpc) is 2.40. The minimum Gasteiger partial charge on any atom is -0.461 e. The first-order valence-corrected chi connectivity index (χ1v) is 8.56. The van der Waals surface area contributed by atoms with Crippen LogP contribution in [0.1, 0.15) is 26.7 Å². The lowest BCUT2D eigenvalue weighted by atomic mass is 10.2. The molecule has 0 radical (unpaired) electrons. The van der Waals surface area contributed by atoms with Crippen molar-refractivity contribution in [1.29, 1.82) is 0 Å². The Labute approximate surface area is 123 Å². The molecule has 1 aromatic heterocycles. The van der Waals surface area contributed by atoms with E-state index in [4.69, 9.17) is 10.6 Å². The van der Waals surface area contributed by atoms with Crippen LogP contribution in [0.3, 0.4) is 0 Å². The Morgan fingerprint density at radius 3 is 2.38 bits per heavy atom. The van der Waals surface area contributed by atoms with Crippen LogP contribution in [0.15, 0.2) is 0 Å². The topological polar surface area (TPSA) is 132 Å². The minimum atomic E-state index is -2.90. The summed E-state index contributed by atoms with van der Waals surface area (Å²) >= 11 is 0. The van der Waals surface area contributed by atoms with Crippen LogP contribution < -0.4 is 21.3 Å². The first-order valence-electron chi connectivity index (χ1n) is 6.74. The summed E-state index contributed by atoms with van der Waals surface area (Å²) in [5.41, 5.74) is 2.35. The smallest absolute Gasteiger partial charge is 0.323 e. The summed E-state index contributed by atoms with van der Waals surface area (Å²) in [6.45, 7) is 3.72. The molecule has 1 aliphatic rings. The lowest BCUT2D eigenvalue weighted by Crippen LogP contribution is -2.33. The van der Waals surface area contributed by atoms with Crippen molar-refractivity contribution in [2.45, 2.75) is 38.8 Å². The van der Waals surface area contributed by atoms with E-state index >= 15 is 0 Å². The van der Waals surface area contributed by atoms with E-state index in [2.05, 4.69) is 25.7 Å². The molecule has 1 fully saturated rings. The number of nitrogens with two attached hydrogens (primary N) is 1. The lowest BCUT2D eigenvalue weighted by Gasteiger charge is -2.23. The Hall–Kier alpha value is -1.68. The van der Waals surface area contributed by atoms with Crippen molar-refractivity contribution in [2.75, 3.05) is 22.2 Å². The van der Waals surface area contributed by atoms with Gasteiger partial charge in [0.05, 0.1) is 17.6 Å². The molecule has 1 aromatic rings. The highest BCUT2D eigenvalue weighted by molar-refractivity contribution is 7.91. The third kappa shape index (κ3) is 4.67. The van der Waals surface area contributed by atoms with Crippen molar-refractivity contribution >= 4 is 21.7 Å². The van der Waals surface area contributed by atoms with Crippen LogP contribution in [0.25, 0.3) is 0 Å². The Morgan fingerprint density at radius 1 is 1.19 bits per heavy atom. The molecule has 0 aliphatic carbocycles. The van der Waals surface area contributed by atoms with E-state index < -0.39 is 9.84 Å². The molecule has 0 unspecified atom stereocenters. The fourth-order valence-electron chi connectivity index (χ4n) is 1.97. The molecule has 4 N–H and O–H groups in total. The number of aromatic nitrogens is 3. The molecule has 10 heteroatoms. The molecule has 0 bridgehead atoms. The number of rotatable bonds is 5. The van der Waals surface area contributed by atoms with Crippen LogP contribution in [-0.2, 0) is 9.84 Å². The molecule has 0 spiro atoms. The van der Waals surface area contributed by atoms with Crippen molar-refractivity contribution in [3.05, 3.63) is 0 Å². The summed E-state index contributed by atoms with van der Waals surface area (Å²) < 4.78 is 28.2. The quantitative estimate of drug-likeness (QED) is 0.504. The van der Waals surface area contributed by atoms with E-state index in [9.17, 15) is 8.42 Å². The van der Waals surface area contributed by atoms with E-state index in [-0.39, 0.29) is 35.6 Å². The van der Waals surface area contributed by atoms with Crippen LogP contribution in [0.5, 0.6) is 6.01 Å². The number of anilines is 2. The van der Waals surface area contributed by atoms with Gasteiger partial charge in [0.25, 0.3) is 0 Å². The maximum absolute atomic E-state index is 11.4. The molecule has 118 valence electrons. The fraction of sp³-hybridized carbons (Fsp3) is 0.727. The highest BCUT2D eigenvalue weighted by Gasteiger charge is 2.24. The summed E-state index contributed by atoms with van der Waals surface area (Å²) in [5.74, 6) is 6.17. The first kappa shape index (κ1) is 15.7. The number of sulfone groups is 1. The standard InChI is InChI=1S/C11H20N6O3S/c1-7(2)20-11-15-9(14-10(16-11)17-12)13-8-3-5-21(18,19)6-4-8/h7-8H,3-6,12H2,1-2H3,(H2,13,14,15,16,17). The average molecular weight is 316 g/mol. The van der Waals surface area contributed by atoms with Crippen LogP contribution in [0.2, 0.25) is 0 Å². The van der Waals surface area contributed by atoms with E-state index in [1.807, 2.05) is 13.8 Å². The third-order valence-corrected chi connectivity index (χ3v) is 4.69. The maximum atomic E-state index is 11.4. The first-order chi connectivity index (χ1) is 9.88. The maximum Gasteiger partial charge on any atom is 0.323 e. The number of nitrogens with one attached hydrogen (secondary N) is 2. The molecule has 0 aromatic carbocycles. The number of nitrogens with zero attached hydrogens (tertiary/aromatic N) is 3. The number of ether oxygens (including phenoxy) is 1. The fourth-order valence-corrected chi connectivity index (χ4v) is 3.46. The van der Waals surface area contributed by atoms with Crippen LogP contribution in [0, 0.1) is 0 Å². The minimum absolute atomic E-state index is 0.00782. The van der Waals surface area contributed by atoms with Gasteiger partial charge in [0, 0.05) is 6.04 Å². The molecule has 0 saturated carbocycles. The largest absolute Gasteiger partial charge is 0.461 e. The monoisotopic (exact) mass is 316 g/mol. The van der Waals surface area contributed by atoms with Gasteiger partial charge >= 0.3 is 6.01 Å². The molecule has 1 aliphatic heterocycles. The molecule has 21 heavy (non-hydrogen) atoms. The zero-order valence-electron chi connectivity index (χ0n) is 12.0. The number of hydrogen-bond acceptors (Lipinski definition) is 9. The molecule has 2 rings (SSSR count). The summed E-state index contributed by atoms with van der Waals surface area (Å²) in [4.78, 5) is 12.2. The van der Waals surface area contributed by atoms with Gasteiger partial charge in [0.15, 0.2) is 0 Å². The van der Waals surface area contributed by atoms with E-state index in [1.54, 1.807) is 0 Å². The van der Waals surface area contributed by atoms with Crippen molar-refractivity contribution < 1.29 is 13.2 Å². The van der Waals surface area contributed by atoms with Crippen molar-refractivity contribution in [3.8, 4) is 6.01 Å². The van der Waals surface area contributed by atoms with Gasteiger partial charge in [-0.05, 0) is 26.7 Å². The number of nitrogen functional groups attached to an aromatic ring is 1. The molecule has 2 heterocycles. The second kappa shape index (κ2) is 6.39. The molecule has 9 nitrogen and oxygen atoms in total. The number of hydrazine groups is 1. The lowest BCUT2D eigenvalue weighted by molar-refractivity contribution is 0.222. The van der Waals surface area contributed by atoms with E-state index in [1.165, 1.54) is 0 Å². The molecule has 0 amide bonds. The summed E-state index contributed by atoms with van der Waals surface area (Å²) in [6, 6.07) is 0.173. The SMILES string of the molecule is CC(C)Oc1nc(NN)nc(NC2CCS(=O)(=O)CC2)n1.